The van der Waals surface area contributed by atoms with Crippen LogP contribution in [0.25, 0.3) is 0 Å². The van der Waals surface area contributed by atoms with Crippen LogP contribution in [0.2, 0.25) is 0 Å². The average molecular weight is 299 g/mol. The van der Waals surface area contributed by atoms with Crippen LogP contribution >= 0.6 is 0 Å². The Bertz CT molecular complexity index is 615. The van der Waals surface area contributed by atoms with Crippen molar-refractivity contribution in [2.45, 2.75) is 18.9 Å². The molecule has 0 saturated heterocycles. The molecule has 1 atom stereocenters. The number of nitrogens with zero attached hydrogens (tertiary/aromatic N) is 1. The fourth-order valence-corrected chi connectivity index (χ4v) is 2.88. The third-order valence-electron chi connectivity index (χ3n) is 3.89. The van der Waals surface area contributed by atoms with Gasteiger partial charge in [-0.15, -0.1) is 0 Å². The van der Waals surface area contributed by atoms with Crippen LogP contribution in [-0.4, -0.2) is 36.0 Å². The van der Waals surface area contributed by atoms with Crippen molar-refractivity contribution in [3.8, 4) is 11.5 Å². The Balaban J connectivity index is 1.80. The molecule has 3 rings (SSSR count). The zero-order valence-electron chi connectivity index (χ0n) is 12.5. The molecule has 0 aliphatic carbocycles. The predicted molar refractivity (Wildman–Crippen MR) is 86.6 cm³/mol. The van der Waals surface area contributed by atoms with E-state index >= 15 is 0 Å². The van der Waals surface area contributed by atoms with Gasteiger partial charge in [0.25, 0.3) is 0 Å². The molecule has 2 aromatic carbocycles. The van der Waals surface area contributed by atoms with Crippen LogP contribution < -0.4 is 9.64 Å². The number of fused-ring (bicyclic) bond motifs is 1. The third-order valence-corrected chi connectivity index (χ3v) is 3.89. The largest absolute Gasteiger partial charge is 0.508 e. The van der Waals surface area contributed by atoms with Crippen LogP contribution in [0, 0.1) is 0 Å². The fourth-order valence-electron chi connectivity index (χ4n) is 2.88. The van der Waals surface area contributed by atoms with Crippen molar-refractivity contribution in [3.05, 3.63) is 54.1 Å². The summed E-state index contributed by atoms with van der Waals surface area (Å²) in [6, 6.07) is 15.5. The number of anilines is 1. The van der Waals surface area contributed by atoms with E-state index in [-0.39, 0.29) is 18.5 Å². The van der Waals surface area contributed by atoms with Gasteiger partial charge < -0.3 is 19.8 Å². The number of hydrogen-bond acceptors (Lipinski definition) is 4. The Morgan fingerprint density at radius 1 is 1.14 bits per heavy atom. The summed E-state index contributed by atoms with van der Waals surface area (Å²) in [5.74, 6) is 0.923. The van der Waals surface area contributed by atoms with Crippen LogP contribution in [0.5, 0.6) is 11.5 Å². The maximum Gasteiger partial charge on any atom is 0.146 e. The quantitative estimate of drug-likeness (QED) is 0.891. The summed E-state index contributed by atoms with van der Waals surface area (Å²) >= 11 is 0. The lowest BCUT2D eigenvalue weighted by Crippen LogP contribution is -2.41. The van der Waals surface area contributed by atoms with E-state index < -0.39 is 0 Å². The number of hydrogen-bond donors (Lipinski definition) is 2. The summed E-state index contributed by atoms with van der Waals surface area (Å²) in [4.78, 5) is 2.22. The number of aromatic hydroxyl groups is 1. The molecule has 2 aromatic rings. The summed E-state index contributed by atoms with van der Waals surface area (Å²) < 4.78 is 6.06. The molecule has 0 amide bonds. The van der Waals surface area contributed by atoms with E-state index in [9.17, 15) is 5.11 Å². The normalized spacial score (nSPS) is 17.0. The second kappa shape index (κ2) is 6.71. The van der Waals surface area contributed by atoms with Gasteiger partial charge in [0.05, 0.1) is 12.2 Å². The highest BCUT2D eigenvalue weighted by atomic mass is 16.5. The van der Waals surface area contributed by atoms with Crippen molar-refractivity contribution in [1.29, 1.82) is 0 Å². The average Bonchev–Trinajstić information content (AvgIpc) is 2.53. The van der Waals surface area contributed by atoms with Crippen LogP contribution in [0.4, 0.5) is 5.69 Å². The first-order valence-electron chi connectivity index (χ1n) is 7.65. The second-order valence-corrected chi connectivity index (χ2v) is 5.60. The molecular weight excluding hydrogens is 278 g/mol. The van der Waals surface area contributed by atoms with E-state index in [0.717, 1.165) is 31.6 Å². The van der Waals surface area contributed by atoms with Crippen LogP contribution in [-0.2, 0) is 6.42 Å². The van der Waals surface area contributed by atoms with Crippen LogP contribution in [0.3, 0.4) is 0 Å². The van der Waals surface area contributed by atoms with Gasteiger partial charge >= 0.3 is 0 Å². The van der Waals surface area contributed by atoms with Gasteiger partial charge in [-0.05, 0) is 24.1 Å². The molecule has 0 saturated carbocycles. The van der Waals surface area contributed by atoms with Gasteiger partial charge in [-0.25, -0.2) is 0 Å². The van der Waals surface area contributed by atoms with Gasteiger partial charge in [-0.2, -0.15) is 0 Å². The molecule has 0 fully saturated rings. The molecule has 4 nitrogen and oxygen atoms in total. The lowest BCUT2D eigenvalue weighted by Gasteiger charge is -2.36. The molecule has 0 bridgehead atoms. The highest BCUT2D eigenvalue weighted by molar-refractivity contribution is 5.62. The van der Waals surface area contributed by atoms with Gasteiger partial charge in [0.15, 0.2) is 0 Å². The minimum absolute atomic E-state index is 0.0374. The number of phenolic OH excluding ortho intramolecular Hbond substituents is 1. The van der Waals surface area contributed by atoms with Crippen molar-refractivity contribution in [3.63, 3.8) is 0 Å². The zero-order chi connectivity index (χ0) is 15.4. The Labute approximate surface area is 130 Å². The maximum atomic E-state index is 9.69. The number of ether oxygens (including phenoxy) is 1. The Kier molecular flexibility index (Phi) is 4.49. The Hall–Kier alpha value is -2.20. The molecule has 4 heteroatoms. The van der Waals surface area contributed by atoms with Gasteiger partial charge in [0.2, 0.25) is 0 Å². The highest BCUT2D eigenvalue weighted by Gasteiger charge is 2.25. The second-order valence-electron chi connectivity index (χ2n) is 5.60. The first kappa shape index (κ1) is 14.7. The molecular formula is C18H21NO3. The summed E-state index contributed by atoms with van der Waals surface area (Å²) in [6.45, 7) is 1.74. The van der Waals surface area contributed by atoms with E-state index in [1.165, 1.54) is 5.56 Å². The molecule has 0 aromatic heterocycles. The Morgan fingerprint density at radius 3 is 2.73 bits per heavy atom. The minimum Gasteiger partial charge on any atom is -0.508 e. The fraction of sp³-hybridized carbons (Fsp3) is 0.333. The predicted octanol–water partition coefficient (Wildman–Crippen LogP) is 2.58. The van der Waals surface area contributed by atoms with Crippen molar-refractivity contribution in [2.24, 2.45) is 0 Å². The smallest absolute Gasteiger partial charge is 0.146 e. The van der Waals surface area contributed by atoms with Gasteiger partial charge in [-0.3, -0.25) is 0 Å². The number of aliphatic hydroxyl groups is 1. The van der Waals surface area contributed by atoms with E-state index in [0.29, 0.717) is 5.75 Å². The summed E-state index contributed by atoms with van der Waals surface area (Å²) in [7, 11) is 0. The summed E-state index contributed by atoms with van der Waals surface area (Å²) in [5.41, 5.74) is 2.22. The van der Waals surface area contributed by atoms with Gasteiger partial charge in [-0.1, -0.05) is 30.3 Å². The van der Waals surface area contributed by atoms with Gasteiger partial charge in [0.1, 0.15) is 17.6 Å². The van der Waals surface area contributed by atoms with Gasteiger partial charge in [0, 0.05) is 25.6 Å². The minimum atomic E-state index is 0.0374. The van der Waals surface area contributed by atoms with E-state index in [4.69, 9.17) is 9.84 Å². The maximum absolute atomic E-state index is 9.69. The van der Waals surface area contributed by atoms with Crippen molar-refractivity contribution in [2.75, 3.05) is 24.6 Å². The number of rotatable bonds is 5. The number of phenols is 1. The SMILES string of the molecule is OCCCN1CC(Cc2ccccc2)Oc2cc(O)ccc21. The lowest BCUT2D eigenvalue weighted by molar-refractivity contribution is 0.191. The highest BCUT2D eigenvalue weighted by Crippen LogP contribution is 2.36. The lowest BCUT2D eigenvalue weighted by atomic mass is 10.1. The topological polar surface area (TPSA) is 52.9 Å². The van der Waals surface area contributed by atoms with Crippen molar-refractivity contribution >= 4 is 5.69 Å². The van der Waals surface area contributed by atoms with Crippen LogP contribution in [0.15, 0.2) is 48.5 Å². The molecule has 0 spiro atoms. The molecule has 1 unspecified atom stereocenters. The third kappa shape index (κ3) is 3.34. The van der Waals surface area contributed by atoms with E-state index in [1.807, 2.05) is 24.3 Å². The van der Waals surface area contributed by atoms with E-state index in [2.05, 4.69) is 17.0 Å². The Morgan fingerprint density at radius 2 is 1.95 bits per heavy atom. The standard InChI is InChI=1S/C18H21NO3/c20-10-4-9-19-13-16(11-14-5-2-1-3-6-14)22-18-12-15(21)7-8-17(18)19/h1-3,5-8,12,16,20-21H,4,9-11,13H2. The molecule has 2 N–H and O–H groups in total. The number of aliphatic hydroxyl groups excluding tert-OH is 1. The molecule has 0 radical (unpaired) electrons. The number of benzene rings is 2. The summed E-state index contributed by atoms with van der Waals surface area (Å²) in [5, 5.41) is 18.8. The first-order valence-corrected chi connectivity index (χ1v) is 7.65. The molecule has 1 heterocycles. The first-order chi connectivity index (χ1) is 10.8. The van der Waals surface area contributed by atoms with E-state index in [1.54, 1.807) is 12.1 Å². The summed E-state index contributed by atoms with van der Waals surface area (Å²) in [6.07, 6.45) is 1.58. The zero-order valence-corrected chi connectivity index (χ0v) is 12.5. The molecule has 116 valence electrons. The monoisotopic (exact) mass is 299 g/mol. The van der Waals surface area contributed by atoms with Crippen molar-refractivity contribution in [1.82, 2.24) is 0 Å². The molecule has 22 heavy (non-hydrogen) atoms. The van der Waals surface area contributed by atoms with Crippen molar-refractivity contribution < 1.29 is 14.9 Å². The molecule has 1 aliphatic rings. The van der Waals surface area contributed by atoms with Crippen LogP contribution in [0.1, 0.15) is 12.0 Å². The molecule has 1 aliphatic heterocycles.